The maximum atomic E-state index is 5.49. The third kappa shape index (κ3) is 3.64. The standard InChI is InChI=1S/C14H21N3OS/c1-4-10(15-3)9-19-14-16-12-7-6-11(18-5-2)8-13(12)17-14/h6-8,10,15H,4-5,9H2,1-3H3,(H,16,17). The van der Waals surface area contributed by atoms with Crippen LogP contribution in [0.4, 0.5) is 0 Å². The number of H-pyrrole nitrogens is 1. The van der Waals surface area contributed by atoms with Gasteiger partial charge in [-0.1, -0.05) is 18.7 Å². The van der Waals surface area contributed by atoms with E-state index in [1.54, 1.807) is 11.8 Å². The van der Waals surface area contributed by atoms with Crippen LogP contribution in [0.2, 0.25) is 0 Å². The molecule has 1 heterocycles. The van der Waals surface area contributed by atoms with Crippen LogP contribution < -0.4 is 10.1 Å². The van der Waals surface area contributed by atoms with Crippen molar-refractivity contribution in [3.05, 3.63) is 18.2 Å². The first kappa shape index (κ1) is 14.2. The van der Waals surface area contributed by atoms with E-state index in [1.807, 2.05) is 32.2 Å². The van der Waals surface area contributed by atoms with Crippen LogP contribution in [0.5, 0.6) is 5.75 Å². The van der Waals surface area contributed by atoms with Gasteiger partial charge in [-0.05, 0) is 32.5 Å². The minimum atomic E-state index is 0.525. The Bertz CT molecular complexity index is 522. The number of aromatic amines is 1. The molecule has 2 N–H and O–H groups in total. The van der Waals surface area contributed by atoms with E-state index in [4.69, 9.17) is 4.74 Å². The number of hydrogen-bond donors (Lipinski definition) is 2. The van der Waals surface area contributed by atoms with Gasteiger partial charge in [0.1, 0.15) is 5.75 Å². The number of imidazole rings is 1. The van der Waals surface area contributed by atoms with Crippen LogP contribution in [0.25, 0.3) is 11.0 Å². The fraction of sp³-hybridized carbons (Fsp3) is 0.500. The van der Waals surface area contributed by atoms with Crippen molar-refractivity contribution in [1.29, 1.82) is 0 Å². The molecule has 0 amide bonds. The number of benzene rings is 1. The summed E-state index contributed by atoms with van der Waals surface area (Å²) in [5.74, 6) is 1.90. The lowest BCUT2D eigenvalue weighted by Crippen LogP contribution is -2.26. The molecule has 19 heavy (non-hydrogen) atoms. The summed E-state index contributed by atoms with van der Waals surface area (Å²) in [5.41, 5.74) is 2.02. The molecule has 1 atom stereocenters. The SMILES string of the molecule is CCOc1ccc2nc(SCC(CC)NC)[nH]c2c1. The third-order valence-electron chi connectivity index (χ3n) is 3.06. The maximum Gasteiger partial charge on any atom is 0.166 e. The van der Waals surface area contributed by atoms with Gasteiger partial charge < -0.3 is 15.0 Å². The smallest absolute Gasteiger partial charge is 0.166 e. The predicted octanol–water partition coefficient (Wildman–Crippen LogP) is 3.05. The van der Waals surface area contributed by atoms with Gasteiger partial charge in [0.05, 0.1) is 17.6 Å². The van der Waals surface area contributed by atoms with Crippen molar-refractivity contribution in [3.63, 3.8) is 0 Å². The molecule has 4 nitrogen and oxygen atoms in total. The second-order valence-electron chi connectivity index (χ2n) is 4.36. The van der Waals surface area contributed by atoms with Crippen molar-refractivity contribution in [2.24, 2.45) is 0 Å². The Morgan fingerprint density at radius 1 is 1.42 bits per heavy atom. The molecule has 0 aliphatic carbocycles. The van der Waals surface area contributed by atoms with Gasteiger partial charge in [0.2, 0.25) is 0 Å². The van der Waals surface area contributed by atoms with Crippen LogP contribution in [-0.2, 0) is 0 Å². The zero-order valence-corrected chi connectivity index (χ0v) is 12.5. The second-order valence-corrected chi connectivity index (χ2v) is 5.37. The molecule has 1 unspecified atom stereocenters. The summed E-state index contributed by atoms with van der Waals surface area (Å²) in [4.78, 5) is 7.92. The summed E-state index contributed by atoms with van der Waals surface area (Å²) >= 11 is 1.75. The number of rotatable bonds is 7. The first-order chi connectivity index (χ1) is 9.26. The lowest BCUT2D eigenvalue weighted by atomic mass is 10.3. The average molecular weight is 279 g/mol. The number of ether oxygens (including phenoxy) is 1. The molecule has 0 bridgehead atoms. The predicted molar refractivity (Wildman–Crippen MR) is 81.1 cm³/mol. The molecule has 2 aromatic rings. The molecule has 0 saturated heterocycles. The highest BCUT2D eigenvalue weighted by atomic mass is 32.2. The van der Waals surface area contributed by atoms with Crippen LogP contribution in [0, 0.1) is 0 Å². The van der Waals surface area contributed by atoms with Crippen molar-refractivity contribution in [1.82, 2.24) is 15.3 Å². The monoisotopic (exact) mass is 279 g/mol. The summed E-state index contributed by atoms with van der Waals surface area (Å²) in [5, 5.41) is 4.27. The summed E-state index contributed by atoms with van der Waals surface area (Å²) < 4.78 is 5.49. The van der Waals surface area contributed by atoms with Crippen molar-refractivity contribution < 1.29 is 4.74 Å². The van der Waals surface area contributed by atoms with Crippen LogP contribution >= 0.6 is 11.8 Å². The topological polar surface area (TPSA) is 49.9 Å². The normalized spacial score (nSPS) is 12.8. The van der Waals surface area contributed by atoms with Crippen LogP contribution in [0.3, 0.4) is 0 Å². The van der Waals surface area contributed by atoms with E-state index in [0.717, 1.165) is 34.1 Å². The Morgan fingerprint density at radius 2 is 2.26 bits per heavy atom. The number of thioether (sulfide) groups is 1. The Hall–Kier alpha value is -1.20. The van der Waals surface area contributed by atoms with Gasteiger partial charge in [-0.25, -0.2) is 4.98 Å². The Balaban J connectivity index is 2.08. The Kier molecular flexibility index (Phi) is 5.10. The van der Waals surface area contributed by atoms with Crippen molar-refractivity contribution in [3.8, 4) is 5.75 Å². The van der Waals surface area contributed by atoms with Gasteiger partial charge in [-0.15, -0.1) is 0 Å². The number of fused-ring (bicyclic) bond motifs is 1. The van der Waals surface area contributed by atoms with Crippen molar-refractivity contribution in [2.45, 2.75) is 31.5 Å². The van der Waals surface area contributed by atoms with Crippen LogP contribution in [0.1, 0.15) is 20.3 Å². The highest BCUT2D eigenvalue weighted by Crippen LogP contribution is 2.23. The van der Waals surface area contributed by atoms with E-state index < -0.39 is 0 Å². The number of nitrogens with zero attached hydrogens (tertiary/aromatic N) is 1. The van der Waals surface area contributed by atoms with Gasteiger partial charge in [0.15, 0.2) is 5.16 Å². The van der Waals surface area contributed by atoms with Crippen LogP contribution in [-0.4, -0.2) is 35.4 Å². The van der Waals surface area contributed by atoms with E-state index in [2.05, 4.69) is 22.2 Å². The fourth-order valence-electron chi connectivity index (χ4n) is 1.87. The van der Waals surface area contributed by atoms with Gasteiger partial charge >= 0.3 is 0 Å². The van der Waals surface area contributed by atoms with E-state index in [9.17, 15) is 0 Å². The number of aromatic nitrogens is 2. The third-order valence-corrected chi connectivity index (χ3v) is 4.10. The van der Waals surface area contributed by atoms with Gasteiger partial charge in [0.25, 0.3) is 0 Å². The minimum Gasteiger partial charge on any atom is -0.494 e. The highest BCUT2D eigenvalue weighted by molar-refractivity contribution is 7.99. The molecule has 0 fully saturated rings. The molecule has 1 aromatic heterocycles. The summed E-state index contributed by atoms with van der Waals surface area (Å²) in [6.07, 6.45) is 1.12. The molecule has 0 spiro atoms. The van der Waals surface area contributed by atoms with Crippen molar-refractivity contribution >= 4 is 22.8 Å². The Labute approximate surface area is 118 Å². The lowest BCUT2D eigenvalue weighted by Gasteiger charge is -2.11. The lowest BCUT2D eigenvalue weighted by molar-refractivity contribution is 0.340. The molecule has 0 aliphatic heterocycles. The maximum absolute atomic E-state index is 5.49. The molecule has 0 aliphatic rings. The molecule has 5 heteroatoms. The quantitative estimate of drug-likeness (QED) is 0.765. The summed E-state index contributed by atoms with van der Waals surface area (Å²) in [6.45, 7) is 4.86. The van der Waals surface area contributed by atoms with E-state index in [0.29, 0.717) is 12.6 Å². The highest BCUT2D eigenvalue weighted by Gasteiger charge is 2.08. The Morgan fingerprint density at radius 3 is 2.95 bits per heavy atom. The van der Waals surface area contributed by atoms with Crippen LogP contribution in [0.15, 0.2) is 23.4 Å². The summed E-state index contributed by atoms with van der Waals surface area (Å²) in [6, 6.07) is 6.49. The molecular formula is C14H21N3OS. The average Bonchev–Trinajstić information content (AvgIpc) is 2.82. The molecule has 0 saturated carbocycles. The molecule has 2 rings (SSSR count). The largest absolute Gasteiger partial charge is 0.494 e. The van der Waals surface area contributed by atoms with Crippen molar-refractivity contribution in [2.75, 3.05) is 19.4 Å². The first-order valence-electron chi connectivity index (χ1n) is 6.69. The zero-order chi connectivity index (χ0) is 13.7. The summed E-state index contributed by atoms with van der Waals surface area (Å²) in [7, 11) is 2.00. The number of hydrogen-bond acceptors (Lipinski definition) is 4. The molecule has 1 aromatic carbocycles. The zero-order valence-electron chi connectivity index (χ0n) is 11.7. The second kappa shape index (κ2) is 6.82. The van der Waals surface area contributed by atoms with Gasteiger partial charge in [0, 0.05) is 17.9 Å². The fourth-order valence-corrected chi connectivity index (χ4v) is 2.98. The molecule has 104 valence electrons. The van der Waals surface area contributed by atoms with E-state index in [1.165, 1.54) is 0 Å². The molecule has 0 radical (unpaired) electrons. The molecular weight excluding hydrogens is 258 g/mol. The number of nitrogens with one attached hydrogen (secondary N) is 2. The van der Waals surface area contributed by atoms with Gasteiger partial charge in [-0.3, -0.25) is 0 Å². The van der Waals surface area contributed by atoms with E-state index >= 15 is 0 Å². The van der Waals surface area contributed by atoms with Gasteiger partial charge in [-0.2, -0.15) is 0 Å². The minimum absolute atomic E-state index is 0.525. The van der Waals surface area contributed by atoms with E-state index in [-0.39, 0.29) is 0 Å². The first-order valence-corrected chi connectivity index (χ1v) is 7.68.